The van der Waals surface area contributed by atoms with Gasteiger partial charge in [-0.2, -0.15) is 0 Å². The van der Waals surface area contributed by atoms with E-state index >= 15 is 0 Å². The van der Waals surface area contributed by atoms with Crippen molar-refractivity contribution in [3.63, 3.8) is 0 Å². The smallest absolute Gasteiger partial charge is 0.132 e. The zero-order valence-electron chi connectivity index (χ0n) is 34.3. The molecular weight excluding hydrogens is 741 g/mol. The Balaban J connectivity index is 1.13. The van der Waals surface area contributed by atoms with Crippen molar-refractivity contribution in [2.24, 2.45) is 4.99 Å². The first-order valence-electron chi connectivity index (χ1n) is 21.3. The minimum atomic E-state index is -0.812. The Morgan fingerprint density at radius 3 is 1.72 bits per heavy atom. The van der Waals surface area contributed by atoms with Crippen molar-refractivity contribution in [3.05, 3.63) is 237 Å². The number of aromatic nitrogens is 1. The van der Waals surface area contributed by atoms with Crippen LogP contribution in [-0.2, 0) is 16.2 Å². The highest BCUT2D eigenvalue weighted by molar-refractivity contribution is 5.98. The SMILES string of the molecule is C=NC1=C(/C=C\C)C2(c3ccccc3Oc3cc4c(cc32)-c2ccccc2C42c3ccccc3-c3ccccc32)c2cc(-c3cccc4c3C(C)(C)c3ccccc3-4)cnc21. The summed E-state index contributed by atoms with van der Waals surface area (Å²) in [4.78, 5) is 10.2. The van der Waals surface area contributed by atoms with Crippen LogP contribution >= 0.6 is 0 Å². The van der Waals surface area contributed by atoms with Crippen LogP contribution in [0.25, 0.3) is 50.2 Å². The molecule has 8 aromatic rings. The van der Waals surface area contributed by atoms with Crippen molar-refractivity contribution in [1.29, 1.82) is 0 Å². The molecule has 2 spiro atoms. The standard InChI is InChI=1S/C58H40N2O/c1-5-17-47-54(59-4)55-50(30-34(33-60-55)35-22-16-23-40-38-20-6-10-24-42(38)56(2,3)53(35)40)58(47)46-28-14-15-29-51(46)61-52-32-48-41(31-49(52)58)39-21-9-13-27-45(39)57(48)43-25-11-7-18-36(43)37-19-8-12-26-44(37)57/h5-33H,4H2,1-3H3/b17-5-. The second kappa shape index (κ2) is 11.9. The molecule has 7 aromatic carbocycles. The maximum Gasteiger partial charge on any atom is 0.132 e. The quantitative estimate of drug-likeness (QED) is 0.167. The third-order valence-electron chi connectivity index (χ3n) is 14.6. The molecule has 3 nitrogen and oxygen atoms in total. The number of fused-ring (bicyclic) bond motifs is 19. The molecule has 3 heteroatoms. The average Bonchev–Trinajstić information content (AvgIpc) is 3.94. The molecule has 13 rings (SSSR count). The van der Waals surface area contributed by atoms with E-state index in [0.29, 0.717) is 0 Å². The molecule has 1 atom stereocenters. The van der Waals surface area contributed by atoms with Gasteiger partial charge in [-0.25, -0.2) is 0 Å². The molecule has 288 valence electrons. The minimum Gasteiger partial charge on any atom is -0.457 e. The van der Waals surface area contributed by atoms with Gasteiger partial charge in [-0.15, -0.1) is 0 Å². The van der Waals surface area contributed by atoms with Crippen LogP contribution in [0.5, 0.6) is 11.5 Å². The summed E-state index contributed by atoms with van der Waals surface area (Å²) in [5.41, 5.74) is 22.1. The molecule has 1 unspecified atom stereocenters. The average molecular weight is 781 g/mol. The molecule has 4 aliphatic carbocycles. The molecule has 2 heterocycles. The number of para-hydroxylation sites is 1. The fourth-order valence-corrected chi connectivity index (χ4v) is 12.4. The number of aliphatic imine (C=N–C) groups is 1. The van der Waals surface area contributed by atoms with E-state index in [1.807, 2.05) is 0 Å². The van der Waals surface area contributed by atoms with Crippen molar-refractivity contribution >= 4 is 12.4 Å². The molecule has 5 aliphatic rings. The van der Waals surface area contributed by atoms with Crippen molar-refractivity contribution in [2.75, 3.05) is 0 Å². The minimum absolute atomic E-state index is 0.194. The summed E-state index contributed by atoms with van der Waals surface area (Å²) in [6.07, 6.45) is 6.40. The topological polar surface area (TPSA) is 34.5 Å². The summed E-state index contributed by atoms with van der Waals surface area (Å²) in [6.45, 7) is 11.0. The predicted octanol–water partition coefficient (Wildman–Crippen LogP) is 13.8. The van der Waals surface area contributed by atoms with E-state index in [9.17, 15) is 0 Å². The lowest BCUT2D eigenvalue weighted by Crippen LogP contribution is -2.33. The monoisotopic (exact) mass is 780 g/mol. The Morgan fingerprint density at radius 1 is 0.508 bits per heavy atom. The number of ether oxygens (including phenoxy) is 1. The highest BCUT2D eigenvalue weighted by Crippen LogP contribution is 2.67. The van der Waals surface area contributed by atoms with E-state index in [1.54, 1.807) is 0 Å². The Hall–Kier alpha value is -7.36. The normalized spacial score (nSPS) is 18.1. The first-order valence-corrected chi connectivity index (χ1v) is 21.3. The van der Waals surface area contributed by atoms with Gasteiger partial charge < -0.3 is 4.74 Å². The number of nitrogens with zero attached hydrogens (tertiary/aromatic N) is 2. The van der Waals surface area contributed by atoms with Gasteiger partial charge in [-0.05, 0) is 116 Å². The first-order chi connectivity index (χ1) is 29.9. The van der Waals surface area contributed by atoms with Gasteiger partial charge in [-0.1, -0.05) is 159 Å². The van der Waals surface area contributed by atoms with Gasteiger partial charge in [0.25, 0.3) is 0 Å². The van der Waals surface area contributed by atoms with E-state index in [1.165, 1.54) is 72.3 Å². The van der Waals surface area contributed by atoms with Crippen molar-refractivity contribution in [2.45, 2.75) is 37.0 Å². The van der Waals surface area contributed by atoms with Gasteiger partial charge in [-0.3, -0.25) is 9.98 Å². The molecule has 1 aromatic heterocycles. The van der Waals surface area contributed by atoms with Gasteiger partial charge in [0.1, 0.15) is 11.5 Å². The van der Waals surface area contributed by atoms with Gasteiger partial charge >= 0.3 is 0 Å². The van der Waals surface area contributed by atoms with Gasteiger partial charge in [0, 0.05) is 33.9 Å². The maximum atomic E-state index is 7.20. The van der Waals surface area contributed by atoms with E-state index in [-0.39, 0.29) is 5.41 Å². The lowest BCUT2D eigenvalue weighted by molar-refractivity contribution is 0.434. The van der Waals surface area contributed by atoms with Crippen LogP contribution in [0.4, 0.5) is 0 Å². The molecule has 61 heavy (non-hydrogen) atoms. The lowest BCUT2D eigenvalue weighted by Gasteiger charge is -2.40. The molecule has 0 bridgehead atoms. The third kappa shape index (κ3) is 4.00. The Bertz CT molecular complexity index is 3320. The molecular formula is C58H40N2O. The van der Waals surface area contributed by atoms with E-state index in [2.05, 4.69) is 204 Å². The highest BCUT2D eigenvalue weighted by atomic mass is 16.5. The van der Waals surface area contributed by atoms with E-state index in [0.717, 1.165) is 50.7 Å². The summed E-state index contributed by atoms with van der Waals surface area (Å²) < 4.78 is 7.20. The van der Waals surface area contributed by atoms with Crippen LogP contribution in [-0.4, -0.2) is 11.7 Å². The van der Waals surface area contributed by atoms with Crippen molar-refractivity contribution in [3.8, 4) is 56.0 Å². The molecule has 1 aliphatic heterocycles. The Kier molecular flexibility index (Phi) is 6.73. The summed E-state index contributed by atoms with van der Waals surface area (Å²) in [5.74, 6) is 1.67. The second-order valence-electron chi connectivity index (χ2n) is 17.6. The van der Waals surface area contributed by atoms with Crippen LogP contribution in [0.2, 0.25) is 0 Å². The van der Waals surface area contributed by atoms with Gasteiger partial charge in [0.05, 0.1) is 22.2 Å². The summed E-state index contributed by atoms with van der Waals surface area (Å²) in [5, 5.41) is 0. The van der Waals surface area contributed by atoms with Crippen LogP contribution in [0.1, 0.15) is 76.5 Å². The highest BCUT2D eigenvalue weighted by Gasteiger charge is 2.56. The number of hydrogen-bond acceptors (Lipinski definition) is 3. The predicted molar refractivity (Wildman–Crippen MR) is 248 cm³/mol. The van der Waals surface area contributed by atoms with E-state index < -0.39 is 10.8 Å². The molecule has 0 saturated heterocycles. The fraction of sp³-hybridized carbons (Fsp3) is 0.103. The zero-order chi connectivity index (χ0) is 40.8. The first kappa shape index (κ1) is 34.5. The van der Waals surface area contributed by atoms with Gasteiger partial charge in [0.2, 0.25) is 0 Å². The zero-order valence-corrected chi connectivity index (χ0v) is 34.3. The van der Waals surface area contributed by atoms with Gasteiger partial charge in [0.15, 0.2) is 0 Å². The van der Waals surface area contributed by atoms with Crippen molar-refractivity contribution in [1.82, 2.24) is 4.98 Å². The molecule has 0 fully saturated rings. The maximum absolute atomic E-state index is 7.20. The van der Waals surface area contributed by atoms with Crippen LogP contribution in [0.3, 0.4) is 0 Å². The number of allylic oxidation sites excluding steroid dienone is 3. The summed E-state index contributed by atoms with van der Waals surface area (Å²) in [7, 11) is 0. The van der Waals surface area contributed by atoms with Crippen LogP contribution in [0.15, 0.2) is 187 Å². The fourth-order valence-electron chi connectivity index (χ4n) is 12.4. The lowest BCUT2D eigenvalue weighted by atomic mass is 9.64. The number of hydrogen-bond donors (Lipinski definition) is 0. The van der Waals surface area contributed by atoms with Crippen molar-refractivity contribution < 1.29 is 4.74 Å². The Labute approximate surface area is 356 Å². The summed E-state index contributed by atoms with van der Waals surface area (Å²) in [6, 6.07) is 58.3. The molecule has 0 radical (unpaired) electrons. The molecule has 0 N–H and O–H groups in total. The van der Waals surface area contributed by atoms with E-state index in [4.69, 9.17) is 14.7 Å². The van der Waals surface area contributed by atoms with Crippen LogP contribution < -0.4 is 4.74 Å². The van der Waals surface area contributed by atoms with Crippen LogP contribution in [0, 0.1) is 0 Å². The number of pyridine rings is 1. The molecule has 0 amide bonds. The largest absolute Gasteiger partial charge is 0.457 e. The Morgan fingerprint density at radius 2 is 1.07 bits per heavy atom. The summed E-state index contributed by atoms with van der Waals surface area (Å²) >= 11 is 0. The second-order valence-corrected chi connectivity index (χ2v) is 17.6. The molecule has 0 saturated carbocycles. The number of benzene rings is 7. The number of rotatable bonds is 3. The third-order valence-corrected chi connectivity index (χ3v) is 14.6.